The Labute approximate surface area is 158 Å². The molecule has 27 heavy (non-hydrogen) atoms. The third-order valence-electron chi connectivity index (χ3n) is 6.22. The third kappa shape index (κ3) is 2.76. The summed E-state index contributed by atoms with van der Waals surface area (Å²) in [5.41, 5.74) is 2.99. The predicted octanol–water partition coefficient (Wildman–Crippen LogP) is 2.09. The Bertz CT molecular complexity index is 898. The van der Waals surface area contributed by atoms with Crippen molar-refractivity contribution in [2.24, 2.45) is 5.92 Å². The Kier molecular flexibility index (Phi) is 3.66. The van der Waals surface area contributed by atoms with Crippen LogP contribution in [0.15, 0.2) is 12.4 Å². The first-order chi connectivity index (χ1) is 13.0. The second-order valence-electron chi connectivity index (χ2n) is 8.85. The average Bonchev–Trinajstić information content (AvgIpc) is 3.09. The van der Waals surface area contributed by atoms with E-state index in [0.29, 0.717) is 29.3 Å². The van der Waals surface area contributed by atoms with Gasteiger partial charge in [-0.25, -0.2) is 9.67 Å². The van der Waals surface area contributed by atoms with Gasteiger partial charge in [-0.3, -0.25) is 9.78 Å². The summed E-state index contributed by atoms with van der Waals surface area (Å²) in [6.07, 6.45) is 9.37. The van der Waals surface area contributed by atoms with Crippen LogP contribution in [-0.4, -0.2) is 42.9 Å². The van der Waals surface area contributed by atoms with Crippen LogP contribution in [0.1, 0.15) is 78.8 Å². The zero-order valence-electron chi connectivity index (χ0n) is 15.8. The summed E-state index contributed by atoms with van der Waals surface area (Å²) in [6.45, 7) is 3.47. The summed E-state index contributed by atoms with van der Waals surface area (Å²) < 4.78 is 1.82. The lowest BCUT2D eigenvalue weighted by molar-refractivity contribution is 0.0863. The van der Waals surface area contributed by atoms with E-state index in [0.717, 1.165) is 29.8 Å². The van der Waals surface area contributed by atoms with E-state index >= 15 is 0 Å². The number of amides is 1. The van der Waals surface area contributed by atoms with Gasteiger partial charge in [0.05, 0.1) is 35.9 Å². The van der Waals surface area contributed by atoms with Gasteiger partial charge in [0.15, 0.2) is 11.5 Å². The quantitative estimate of drug-likeness (QED) is 0.844. The van der Waals surface area contributed by atoms with Gasteiger partial charge >= 0.3 is 0 Å². The first kappa shape index (κ1) is 16.9. The van der Waals surface area contributed by atoms with Crippen molar-refractivity contribution >= 4 is 5.91 Å². The molecule has 3 aliphatic carbocycles. The molecule has 0 radical (unpaired) electrons. The van der Waals surface area contributed by atoms with Crippen molar-refractivity contribution in [2.75, 3.05) is 6.61 Å². The highest BCUT2D eigenvalue weighted by Gasteiger charge is 2.50. The van der Waals surface area contributed by atoms with Crippen LogP contribution in [0.3, 0.4) is 0 Å². The van der Waals surface area contributed by atoms with Crippen molar-refractivity contribution in [1.29, 1.82) is 0 Å². The molecule has 0 bridgehead atoms. The van der Waals surface area contributed by atoms with E-state index in [2.05, 4.69) is 20.4 Å². The normalized spacial score (nSPS) is 23.5. The van der Waals surface area contributed by atoms with E-state index in [1.54, 1.807) is 20.0 Å². The van der Waals surface area contributed by atoms with Crippen LogP contribution < -0.4 is 5.32 Å². The van der Waals surface area contributed by atoms with Crippen molar-refractivity contribution in [3.63, 3.8) is 0 Å². The highest BCUT2D eigenvalue weighted by molar-refractivity contribution is 5.95. The fraction of sp³-hybridized carbons (Fsp3) is 0.600. The Morgan fingerprint density at radius 2 is 2.15 bits per heavy atom. The van der Waals surface area contributed by atoms with Crippen molar-refractivity contribution in [3.05, 3.63) is 35.0 Å². The predicted molar refractivity (Wildman–Crippen MR) is 98.9 cm³/mol. The number of fused-ring (bicyclic) bond motifs is 3. The number of rotatable bonds is 5. The monoisotopic (exact) mass is 367 g/mol. The number of nitrogens with zero attached hydrogens (tertiary/aromatic N) is 4. The van der Waals surface area contributed by atoms with E-state index in [1.807, 2.05) is 10.9 Å². The molecule has 3 aliphatic rings. The Balaban J connectivity index is 1.49. The van der Waals surface area contributed by atoms with E-state index < -0.39 is 5.54 Å². The number of aliphatic hydroxyl groups excluding tert-OH is 1. The third-order valence-corrected chi connectivity index (χ3v) is 6.22. The minimum atomic E-state index is -0.681. The summed E-state index contributed by atoms with van der Waals surface area (Å²) in [6, 6.07) is 0. The van der Waals surface area contributed by atoms with Crippen molar-refractivity contribution in [1.82, 2.24) is 25.1 Å². The summed E-state index contributed by atoms with van der Waals surface area (Å²) in [7, 11) is 0. The summed E-state index contributed by atoms with van der Waals surface area (Å²) >= 11 is 0. The van der Waals surface area contributed by atoms with Gasteiger partial charge in [-0.1, -0.05) is 6.42 Å². The molecule has 2 aromatic heterocycles. The van der Waals surface area contributed by atoms with E-state index in [4.69, 9.17) is 0 Å². The molecule has 0 aliphatic heterocycles. The molecule has 0 spiro atoms. The van der Waals surface area contributed by atoms with E-state index in [-0.39, 0.29) is 12.5 Å². The van der Waals surface area contributed by atoms with Crippen molar-refractivity contribution < 1.29 is 9.90 Å². The first-order valence-electron chi connectivity index (χ1n) is 9.84. The fourth-order valence-corrected chi connectivity index (χ4v) is 4.23. The van der Waals surface area contributed by atoms with Crippen LogP contribution in [0, 0.1) is 5.92 Å². The largest absolute Gasteiger partial charge is 0.394 e. The molecule has 0 saturated heterocycles. The molecule has 1 amide bonds. The number of carbonyl (C=O) groups is 1. The van der Waals surface area contributed by atoms with Crippen LogP contribution in [0.5, 0.6) is 0 Å². The molecule has 2 heterocycles. The summed E-state index contributed by atoms with van der Waals surface area (Å²) in [5.74, 6) is 2.10. The molecule has 142 valence electrons. The van der Waals surface area contributed by atoms with E-state index in [1.165, 1.54) is 19.3 Å². The molecule has 2 atom stereocenters. The van der Waals surface area contributed by atoms with Gasteiger partial charge in [0.1, 0.15) is 0 Å². The lowest BCUT2D eigenvalue weighted by Crippen LogP contribution is -2.46. The Hall–Kier alpha value is -2.28. The minimum absolute atomic E-state index is 0.124. The van der Waals surface area contributed by atoms with Crippen LogP contribution in [-0.2, 0) is 6.42 Å². The first-order valence-corrected chi connectivity index (χ1v) is 9.84. The second kappa shape index (κ2) is 5.86. The summed E-state index contributed by atoms with van der Waals surface area (Å²) in [5, 5.41) is 17.0. The SMILES string of the molecule is CC(C)(CO)NC(=O)c1nn(-c2cnc(C3CCC3)cn2)c2c1C[C@H]1C[C@@H]21. The molecular formula is C20H25N5O2. The maximum Gasteiger partial charge on any atom is 0.272 e. The van der Waals surface area contributed by atoms with Gasteiger partial charge in [0, 0.05) is 17.4 Å². The van der Waals surface area contributed by atoms with Gasteiger partial charge in [0.25, 0.3) is 5.91 Å². The van der Waals surface area contributed by atoms with Crippen LogP contribution in [0.2, 0.25) is 0 Å². The zero-order valence-corrected chi connectivity index (χ0v) is 15.8. The standard InChI is InChI=1S/C20H25N5O2/c1-20(2,10-26)23-19(27)17-14-7-12-6-13(12)18(14)25(24-17)16-9-21-15(8-22-16)11-4-3-5-11/h8-9,11-13,26H,3-7,10H2,1-2H3,(H,23,27)/t12-,13-/m1/s1. The smallest absolute Gasteiger partial charge is 0.272 e. The topological polar surface area (TPSA) is 92.9 Å². The lowest BCUT2D eigenvalue weighted by atomic mass is 9.83. The van der Waals surface area contributed by atoms with Gasteiger partial charge in [-0.05, 0) is 45.4 Å². The molecular weight excluding hydrogens is 342 g/mol. The number of hydrogen-bond donors (Lipinski definition) is 2. The van der Waals surface area contributed by atoms with Crippen LogP contribution in [0.25, 0.3) is 5.82 Å². The molecule has 7 heteroatoms. The number of aromatic nitrogens is 4. The van der Waals surface area contributed by atoms with Gasteiger partial charge < -0.3 is 10.4 Å². The molecule has 2 fully saturated rings. The van der Waals surface area contributed by atoms with Gasteiger partial charge in [-0.15, -0.1) is 0 Å². The highest BCUT2D eigenvalue weighted by Crippen LogP contribution is 2.57. The Morgan fingerprint density at radius 1 is 1.33 bits per heavy atom. The minimum Gasteiger partial charge on any atom is -0.394 e. The summed E-state index contributed by atoms with van der Waals surface area (Å²) in [4.78, 5) is 22.0. The number of carbonyl (C=O) groups excluding carboxylic acids is 1. The van der Waals surface area contributed by atoms with Gasteiger partial charge in [-0.2, -0.15) is 5.10 Å². The van der Waals surface area contributed by atoms with Crippen LogP contribution in [0.4, 0.5) is 0 Å². The Morgan fingerprint density at radius 3 is 2.78 bits per heavy atom. The molecule has 2 N–H and O–H groups in total. The average molecular weight is 367 g/mol. The molecule has 7 nitrogen and oxygen atoms in total. The van der Waals surface area contributed by atoms with Crippen LogP contribution >= 0.6 is 0 Å². The maximum atomic E-state index is 12.8. The fourth-order valence-electron chi connectivity index (χ4n) is 4.23. The number of hydrogen-bond acceptors (Lipinski definition) is 5. The number of nitrogens with one attached hydrogen (secondary N) is 1. The molecule has 0 unspecified atom stereocenters. The zero-order chi connectivity index (χ0) is 18.8. The van der Waals surface area contributed by atoms with Gasteiger partial charge in [0.2, 0.25) is 0 Å². The van der Waals surface area contributed by atoms with Crippen molar-refractivity contribution in [2.45, 2.75) is 63.3 Å². The highest BCUT2D eigenvalue weighted by atomic mass is 16.3. The molecule has 0 aromatic carbocycles. The van der Waals surface area contributed by atoms with E-state index in [9.17, 15) is 9.90 Å². The van der Waals surface area contributed by atoms with Crippen molar-refractivity contribution in [3.8, 4) is 5.82 Å². The lowest BCUT2D eigenvalue weighted by Gasteiger charge is -2.24. The molecule has 5 rings (SSSR count). The molecule has 2 aromatic rings. The molecule has 2 saturated carbocycles. The maximum absolute atomic E-state index is 12.8. The number of aliphatic hydroxyl groups is 1. The second-order valence-corrected chi connectivity index (χ2v) is 8.85.